The highest BCUT2D eigenvalue weighted by molar-refractivity contribution is 7.90. The molecule has 2 aromatic carbocycles. The van der Waals surface area contributed by atoms with E-state index in [1.807, 2.05) is 0 Å². The van der Waals surface area contributed by atoms with Crippen LogP contribution in [0.4, 0.5) is 10.2 Å². The summed E-state index contributed by atoms with van der Waals surface area (Å²) in [6.45, 7) is 0. The lowest BCUT2D eigenvalue weighted by Gasteiger charge is -2.14. The van der Waals surface area contributed by atoms with Gasteiger partial charge in [-0.25, -0.2) is 16.8 Å². The minimum atomic E-state index is -4.13. The SMILES string of the molecule is O=S(=O)(c1ccc(F)cc1)n1c(N(O)O)cc2ccccc21. The molecule has 3 aromatic rings. The van der Waals surface area contributed by atoms with Gasteiger partial charge in [-0.1, -0.05) is 18.2 Å². The van der Waals surface area contributed by atoms with Gasteiger partial charge in [0.05, 0.1) is 10.4 Å². The first kappa shape index (κ1) is 14.5. The molecule has 0 aliphatic heterocycles. The van der Waals surface area contributed by atoms with Crippen molar-refractivity contribution in [2.75, 3.05) is 5.23 Å². The third kappa shape index (κ3) is 2.23. The van der Waals surface area contributed by atoms with Crippen LogP contribution in [-0.4, -0.2) is 22.8 Å². The molecule has 0 unspecified atom stereocenters. The van der Waals surface area contributed by atoms with Gasteiger partial charge in [0.2, 0.25) is 0 Å². The van der Waals surface area contributed by atoms with Gasteiger partial charge in [-0.2, -0.15) is 0 Å². The number of benzene rings is 2. The Balaban J connectivity index is 2.32. The van der Waals surface area contributed by atoms with Gasteiger partial charge >= 0.3 is 0 Å². The highest BCUT2D eigenvalue weighted by atomic mass is 32.2. The fraction of sp³-hybridized carbons (Fsp3) is 0. The van der Waals surface area contributed by atoms with Gasteiger partial charge in [-0.05, 0) is 36.4 Å². The normalized spacial score (nSPS) is 11.8. The Hall–Kier alpha value is -2.42. The third-order valence-corrected chi connectivity index (χ3v) is 4.94. The summed E-state index contributed by atoms with van der Waals surface area (Å²) < 4.78 is 39.2. The molecular formula is C14H11FN2O4S. The van der Waals surface area contributed by atoms with Crippen LogP contribution in [0.15, 0.2) is 59.5 Å². The lowest BCUT2D eigenvalue weighted by Crippen LogP contribution is -2.21. The van der Waals surface area contributed by atoms with E-state index < -0.39 is 15.8 Å². The molecule has 0 radical (unpaired) electrons. The molecule has 0 aliphatic carbocycles. The zero-order chi connectivity index (χ0) is 15.9. The van der Waals surface area contributed by atoms with Crippen LogP contribution in [-0.2, 0) is 10.0 Å². The maximum Gasteiger partial charge on any atom is 0.269 e. The maximum atomic E-state index is 13.0. The van der Waals surface area contributed by atoms with Crippen LogP contribution >= 0.6 is 0 Å². The minimum Gasteiger partial charge on any atom is -0.263 e. The summed E-state index contributed by atoms with van der Waals surface area (Å²) >= 11 is 0. The molecule has 0 amide bonds. The molecule has 6 nitrogen and oxygen atoms in total. The van der Waals surface area contributed by atoms with E-state index in [4.69, 9.17) is 0 Å². The summed E-state index contributed by atoms with van der Waals surface area (Å²) in [5.41, 5.74) is 0.273. The van der Waals surface area contributed by atoms with Crippen molar-refractivity contribution < 1.29 is 23.2 Å². The predicted molar refractivity (Wildman–Crippen MR) is 77.0 cm³/mol. The molecule has 0 bridgehead atoms. The number of para-hydroxylation sites is 1. The fourth-order valence-electron chi connectivity index (χ4n) is 2.22. The van der Waals surface area contributed by atoms with Crippen molar-refractivity contribution in [2.45, 2.75) is 4.90 Å². The Morgan fingerprint density at radius 2 is 1.64 bits per heavy atom. The molecule has 3 rings (SSSR count). The summed E-state index contributed by atoms with van der Waals surface area (Å²) in [4.78, 5) is -0.168. The largest absolute Gasteiger partial charge is 0.269 e. The van der Waals surface area contributed by atoms with Crippen LogP contribution < -0.4 is 5.23 Å². The number of fused-ring (bicyclic) bond motifs is 1. The molecule has 0 aliphatic rings. The molecule has 1 heterocycles. The van der Waals surface area contributed by atoms with Gasteiger partial charge in [0.15, 0.2) is 5.82 Å². The van der Waals surface area contributed by atoms with Gasteiger partial charge < -0.3 is 0 Å². The molecule has 0 fully saturated rings. The predicted octanol–water partition coefficient (Wildman–Crippen LogP) is 2.60. The van der Waals surface area contributed by atoms with Gasteiger partial charge in [0.1, 0.15) is 5.82 Å². The van der Waals surface area contributed by atoms with Crippen molar-refractivity contribution in [3.05, 3.63) is 60.4 Å². The van der Waals surface area contributed by atoms with E-state index in [0.717, 1.165) is 28.2 Å². The fourth-order valence-corrected chi connectivity index (χ4v) is 3.71. The topological polar surface area (TPSA) is 82.8 Å². The number of nitrogens with zero attached hydrogens (tertiary/aromatic N) is 2. The van der Waals surface area contributed by atoms with Crippen molar-refractivity contribution in [3.63, 3.8) is 0 Å². The maximum absolute atomic E-state index is 13.0. The second-order valence-electron chi connectivity index (χ2n) is 4.57. The molecule has 0 atom stereocenters. The van der Waals surface area contributed by atoms with Crippen molar-refractivity contribution in [3.8, 4) is 0 Å². The van der Waals surface area contributed by atoms with Gasteiger partial charge in [0, 0.05) is 5.39 Å². The smallest absolute Gasteiger partial charge is 0.263 e. The van der Waals surface area contributed by atoms with Gasteiger partial charge in [0.25, 0.3) is 10.0 Å². The van der Waals surface area contributed by atoms with E-state index in [9.17, 15) is 23.2 Å². The molecule has 0 saturated heterocycles. The molecule has 1 aromatic heterocycles. The van der Waals surface area contributed by atoms with Crippen molar-refractivity contribution >= 4 is 26.7 Å². The van der Waals surface area contributed by atoms with Crippen LogP contribution in [0.3, 0.4) is 0 Å². The van der Waals surface area contributed by atoms with E-state index in [1.165, 1.54) is 12.1 Å². The zero-order valence-electron chi connectivity index (χ0n) is 11.1. The molecule has 2 N–H and O–H groups in total. The monoisotopic (exact) mass is 322 g/mol. The van der Waals surface area contributed by atoms with Crippen molar-refractivity contribution in [1.29, 1.82) is 0 Å². The first-order valence-electron chi connectivity index (χ1n) is 6.21. The molecule has 114 valence electrons. The number of hydrogen-bond donors (Lipinski definition) is 2. The van der Waals surface area contributed by atoms with Crippen LogP contribution in [0.5, 0.6) is 0 Å². The standard InChI is InChI=1S/C14H11FN2O4S/c15-11-5-7-12(8-6-11)22(20,21)16-13-4-2-1-3-10(13)9-14(16)17(18)19/h1-9,18-19H. The van der Waals surface area contributed by atoms with E-state index in [1.54, 1.807) is 18.2 Å². The van der Waals surface area contributed by atoms with E-state index in [-0.39, 0.29) is 21.5 Å². The van der Waals surface area contributed by atoms with E-state index >= 15 is 0 Å². The Kier molecular flexibility index (Phi) is 3.36. The van der Waals surface area contributed by atoms with Crippen molar-refractivity contribution in [1.82, 2.24) is 3.97 Å². The minimum absolute atomic E-state index is 0.168. The van der Waals surface area contributed by atoms with Gasteiger partial charge in [-0.3, -0.25) is 10.4 Å². The average Bonchev–Trinajstić information content (AvgIpc) is 2.88. The Bertz CT molecular complexity index is 933. The average molecular weight is 322 g/mol. The number of rotatable bonds is 3. The summed E-state index contributed by atoms with van der Waals surface area (Å²) in [5, 5.41) is 18.9. The molecule has 0 saturated carbocycles. The number of anilines is 1. The summed E-state index contributed by atoms with van der Waals surface area (Å²) in [7, 11) is -4.13. The quantitative estimate of drug-likeness (QED) is 0.724. The molecular weight excluding hydrogens is 311 g/mol. The highest BCUT2D eigenvalue weighted by Gasteiger charge is 2.25. The number of halogens is 1. The molecule has 0 spiro atoms. The highest BCUT2D eigenvalue weighted by Crippen LogP contribution is 2.30. The Morgan fingerprint density at radius 3 is 2.27 bits per heavy atom. The second kappa shape index (κ2) is 5.09. The van der Waals surface area contributed by atoms with Crippen LogP contribution in [0.2, 0.25) is 0 Å². The lowest BCUT2D eigenvalue weighted by molar-refractivity contribution is 0.0265. The Labute approximate surface area is 125 Å². The summed E-state index contributed by atoms with van der Waals surface area (Å²) in [5.74, 6) is -0.909. The Morgan fingerprint density at radius 1 is 1.00 bits per heavy atom. The van der Waals surface area contributed by atoms with Crippen molar-refractivity contribution in [2.24, 2.45) is 0 Å². The first-order chi connectivity index (χ1) is 10.4. The first-order valence-corrected chi connectivity index (χ1v) is 7.65. The zero-order valence-corrected chi connectivity index (χ0v) is 11.9. The second-order valence-corrected chi connectivity index (χ2v) is 6.36. The van der Waals surface area contributed by atoms with Crippen LogP contribution in [0, 0.1) is 5.82 Å². The van der Waals surface area contributed by atoms with Gasteiger partial charge in [-0.15, -0.1) is 5.23 Å². The summed E-state index contributed by atoms with van der Waals surface area (Å²) in [6.07, 6.45) is 0. The molecule has 8 heteroatoms. The van der Waals surface area contributed by atoms with E-state index in [0.29, 0.717) is 5.39 Å². The third-order valence-electron chi connectivity index (χ3n) is 3.21. The number of hydrogen-bond acceptors (Lipinski definition) is 5. The van der Waals surface area contributed by atoms with Crippen LogP contribution in [0.1, 0.15) is 0 Å². The van der Waals surface area contributed by atoms with Crippen LogP contribution in [0.25, 0.3) is 10.9 Å². The summed E-state index contributed by atoms with van der Waals surface area (Å²) in [6, 6.07) is 12.1. The molecule has 22 heavy (non-hydrogen) atoms. The number of aromatic nitrogens is 1. The van der Waals surface area contributed by atoms with E-state index in [2.05, 4.69) is 0 Å². The lowest BCUT2D eigenvalue weighted by atomic mass is 10.2.